The number of hydrogen-bond donors (Lipinski definition) is 1. The minimum absolute atomic E-state index is 0.190. The van der Waals surface area contributed by atoms with Gasteiger partial charge in [0, 0.05) is 11.9 Å². The molecule has 0 radical (unpaired) electrons. The predicted octanol–water partition coefficient (Wildman–Crippen LogP) is 5.36. The van der Waals surface area contributed by atoms with Crippen molar-refractivity contribution in [2.45, 2.75) is 33.7 Å². The molecule has 0 aromatic carbocycles. The van der Waals surface area contributed by atoms with Gasteiger partial charge in [-0.25, -0.2) is 0 Å². The van der Waals surface area contributed by atoms with Crippen LogP contribution >= 0.6 is 22.9 Å². The minimum atomic E-state index is -0.190. The maximum atomic E-state index is 6.03. The van der Waals surface area contributed by atoms with E-state index in [0.29, 0.717) is 5.03 Å². The van der Waals surface area contributed by atoms with Gasteiger partial charge in [-0.15, -0.1) is 27.3 Å². The van der Waals surface area contributed by atoms with Gasteiger partial charge in [-0.3, -0.25) is 14.7 Å². The summed E-state index contributed by atoms with van der Waals surface area (Å²) in [7, 11) is 0. The Bertz CT molecular complexity index is 1370. The van der Waals surface area contributed by atoms with Gasteiger partial charge >= 0.3 is 0 Å². The molecule has 0 aliphatic heterocycles. The number of halogens is 1. The lowest BCUT2D eigenvalue weighted by Crippen LogP contribution is -2.06. The second-order valence-electron chi connectivity index (χ2n) is 7.29. The van der Waals surface area contributed by atoms with E-state index >= 15 is 0 Å². The summed E-state index contributed by atoms with van der Waals surface area (Å²) in [6, 6.07) is -0.190. The maximum absolute atomic E-state index is 6.03. The van der Waals surface area contributed by atoms with Gasteiger partial charge in [0.05, 0.1) is 21.7 Å². The fourth-order valence-electron chi connectivity index (χ4n) is 3.20. The third kappa shape index (κ3) is 4.58. The fourth-order valence-corrected chi connectivity index (χ4v) is 4.48. The highest BCUT2D eigenvalue weighted by Crippen LogP contribution is 2.32. The van der Waals surface area contributed by atoms with Crippen LogP contribution in [0.1, 0.15) is 47.3 Å². The fraction of sp³-hybridized carbons (Fsp3) is 0.208. The molecule has 0 unspecified atom stereocenters. The summed E-state index contributed by atoms with van der Waals surface area (Å²) in [4.78, 5) is 5.87. The zero-order chi connectivity index (χ0) is 22.7. The van der Waals surface area contributed by atoms with Crippen molar-refractivity contribution >= 4 is 28.6 Å². The number of aromatic amines is 1. The number of nitrogens with zero attached hydrogens (tertiary/aromatic N) is 5. The first-order valence-corrected chi connectivity index (χ1v) is 11.2. The number of nitrogens with one attached hydrogen (secondary N) is 1. The molecule has 8 heteroatoms. The number of rotatable bonds is 4. The molecular formula is C24H21ClN6S. The van der Waals surface area contributed by atoms with Gasteiger partial charge in [-0.2, -0.15) is 5.10 Å². The van der Waals surface area contributed by atoms with E-state index in [1.54, 1.807) is 36.1 Å². The van der Waals surface area contributed by atoms with Crippen molar-refractivity contribution < 1.29 is 0 Å². The summed E-state index contributed by atoms with van der Waals surface area (Å²) < 4.78 is 2.01. The maximum Gasteiger partial charge on any atom is 0.162 e. The molecule has 3 aromatic heterocycles. The van der Waals surface area contributed by atoms with Crippen LogP contribution in [-0.4, -0.2) is 30.7 Å². The average molecular weight is 461 g/mol. The third-order valence-electron chi connectivity index (χ3n) is 5.11. The van der Waals surface area contributed by atoms with Crippen molar-refractivity contribution in [1.82, 2.24) is 25.0 Å². The first-order chi connectivity index (χ1) is 15.4. The number of thiophene rings is 1. The number of hydrogen-bond acceptors (Lipinski definition) is 5. The molecule has 4 rings (SSSR count). The summed E-state index contributed by atoms with van der Waals surface area (Å²) in [5, 5.41) is 16.9. The molecular weight excluding hydrogens is 440 g/mol. The highest BCUT2D eigenvalue weighted by molar-refractivity contribution is 7.15. The lowest BCUT2D eigenvalue weighted by molar-refractivity contribution is 0.719. The molecule has 0 bridgehead atoms. The SMILES string of the molecule is C/C(=N\[C@@H](C)c1nncn1-c1sc(C#Cc2cn[nH]c2)c(C)c1C)C1=CC=C=C(Cl)C=C1. The first kappa shape index (κ1) is 21.8. The summed E-state index contributed by atoms with van der Waals surface area (Å²) in [6.07, 6.45) is 12.7. The van der Waals surface area contributed by atoms with Crippen LogP contribution in [0, 0.1) is 25.7 Å². The molecule has 1 N–H and O–H groups in total. The zero-order valence-electron chi connectivity index (χ0n) is 18.1. The van der Waals surface area contributed by atoms with Gasteiger partial charge in [-0.1, -0.05) is 29.5 Å². The lowest BCUT2D eigenvalue weighted by Gasteiger charge is -2.11. The summed E-state index contributed by atoms with van der Waals surface area (Å²) >= 11 is 7.65. The third-order valence-corrected chi connectivity index (χ3v) is 6.65. The Labute approximate surface area is 195 Å². The molecule has 1 aliphatic rings. The summed E-state index contributed by atoms with van der Waals surface area (Å²) in [5.41, 5.74) is 8.00. The summed E-state index contributed by atoms with van der Waals surface area (Å²) in [5.74, 6) is 7.18. The highest BCUT2D eigenvalue weighted by Gasteiger charge is 2.19. The molecule has 0 amide bonds. The zero-order valence-corrected chi connectivity index (χ0v) is 19.7. The molecule has 0 fully saturated rings. The van der Waals surface area contributed by atoms with Crippen LogP contribution in [0.3, 0.4) is 0 Å². The van der Waals surface area contributed by atoms with Gasteiger partial charge in [0.1, 0.15) is 17.4 Å². The Hall–Kier alpha value is -3.43. The van der Waals surface area contributed by atoms with Gasteiger partial charge in [-0.05, 0) is 62.6 Å². The second kappa shape index (κ2) is 9.37. The summed E-state index contributed by atoms with van der Waals surface area (Å²) in [6.45, 7) is 8.17. The number of H-pyrrole nitrogens is 1. The van der Waals surface area contributed by atoms with Crippen molar-refractivity contribution in [2.75, 3.05) is 0 Å². The Morgan fingerprint density at radius 2 is 2.12 bits per heavy atom. The van der Waals surface area contributed by atoms with E-state index < -0.39 is 0 Å². The van der Waals surface area contributed by atoms with Crippen molar-refractivity contribution in [2.24, 2.45) is 4.99 Å². The number of aromatic nitrogens is 5. The Morgan fingerprint density at radius 1 is 1.28 bits per heavy atom. The molecule has 3 aromatic rings. The monoisotopic (exact) mass is 460 g/mol. The Balaban J connectivity index is 1.64. The second-order valence-corrected chi connectivity index (χ2v) is 8.69. The van der Waals surface area contributed by atoms with Gasteiger partial charge in [0.15, 0.2) is 5.82 Å². The molecule has 0 saturated heterocycles. The van der Waals surface area contributed by atoms with Gasteiger partial charge < -0.3 is 0 Å². The van der Waals surface area contributed by atoms with Crippen LogP contribution in [0.2, 0.25) is 0 Å². The van der Waals surface area contributed by atoms with Crippen molar-refractivity contribution in [3.8, 4) is 16.8 Å². The van der Waals surface area contributed by atoms with Crippen LogP contribution in [0.4, 0.5) is 0 Å². The molecule has 3 heterocycles. The molecule has 1 atom stereocenters. The molecule has 0 spiro atoms. The van der Waals surface area contributed by atoms with Crippen molar-refractivity contribution in [1.29, 1.82) is 0 Å². The van der Waals surface area contributed by atoms with Gasteiger partial charge in [0.2, 0.25) is 0 Å². The molecule has 160 valence electrons. The topological polar surface area (TPSA) is 71.8 Å². The van der Waals surface area contributed by atoms with Crippen LogP contribution in [0.5, 0.6) is 0 Å². The van der Waals surface area contributed by atoms with E-state index in [-0.39, 0.29) is 6.04 Å². The standard InChI is InChI=1S/C24H21ClN6S/c1-15-16(2)24(32-22(15)11-8-19-12-26-27-13-19)31-14-28-30-23(31)18(4)29-17(3)20-6-5-7-21(25)10-9-20/h5-6,9-10,12-14,18H,1-4H3,(H,26,27)/b29-17+/t18-/m0/s1. The van der Waals surface area contributed by atoms with E-state index in [0.717, 1.165) is 43.7 Å². The highest BCUT2D eigenvalue weighted by atomic mass is 35.5. The largest absolute Gasteiger partial charge is 0.284 e. The van der Waals surface area contributed by atoms with Crippen LogP contribution < -0.4 is 0 Å². The molecule has 1 aliphatic carbocycles. The normalized spacial score (nSPS) is 14.5. The smallest absolute Gasteiger partial charge is 0.162 e. The molecule has 32 heavy (non-hydrogen) atoms. The minimum Gasteiger partial charge on any atom is -0.284 e. The molecule has 0 saturated carbocycles. The van der Waals surface area contributed by atoms with Crippen LogP contribution in [-0.2, 0) is 0 Å². The number of allylic oxidation sites excluding steroid dienone is 5. The van der Waals surface area contributed by atoms with E-state index in [9.17, 15) is 0 Å². The lowest BCUT2D eigenvalue weighted by atomic mass is 10.1. The van der Waals surface area contributed by atoms with Crippen LogP contribution in [0.15, 0.2) is 64.4 Å². The van der Waals surface area contributed by atoms with Gasteiger partial charge in [0.25, 0.3) is 0 Å². The van der Waals surface area contributed by atoms with E-state index in [1.807, 2.05) is 36.6 Å². The molecule has 6 nitrogen and oxygen atoms in total. The quantitative estimate of drug-likeness (QED) is 0.323. The van der Waals surface area contributed by atoms with Crippen molar-refractivity contribution in [3.05, 3.63) is 86.8 Å². The van der Waals surface area contributed by atoms with Crippen LogP contribution in [0.25, 0.3) is 5.00 Å². The van der Waals surface area contributed by atoms with E-state index in [4.69, 9.17) is 16.6 Å². The first-order valence-electron chi connectivity index (χ1n) is 10.0. The average Bonchev–Trinajstić information content (AvgIpc) is 3.48. The predicted molar refractivity (Wildman–Crippen MR) is 129 cm³/mol. The van der Waals surface area contributed by atoms with E-state index in [1.165, 1.54) is 0 Å². The Morgan fingerprint density at radius 3 is 2.91 bits per heavy atom. The van der Waals surface area contributed by atoms with E-state index in [2.05, 4.69) is 51.8 Å². The Kier molecular flexibility index (Phi) is 6.38. The van der Waals surface area contributed by atoms with Crippen molar-refractivity contribution in [3.63, 3.8) is 0 Å². The number of aliphatic imine (C=N–C) groups is 1.